The molecule has 0 fully saturated rings. The van der Waals surface area contributed by atoms with E-state index in [0.29, 0.717) is 0 Å². The van der Waals surface area contributed by atoms with Crippen molar-refractivity contribution in [3.05, 3.63) is 59.4 Å². The van der Waals surface area contributed by atoms with Crippen LogP contribution < -0.4 is 4.18 Å². The van der Waals surface area contributed by atoms with Crippen LogP contribution in [0, 0.1) is 5.82 Å². The third-order valence-electron chi connectivity index (χ3n) is 2.14. The summed E-state index contributed by atoms with van der Waals surface area (Å²) in [4.78, 5) is -0.199. The average molecular weight is 287 g/mol. The Morgan fingerprint density at radius 3 is 2.28 bits per heavy atom. The van der Waals surface area contributed by atoms with Crippen LogP contribution in [0.4, 0.5) is 4.39 Å². The van der Waals surface area contributed by atoms with Crippen molar-refractivity contribution >= 4 is 21.7 Å². The second kappa shape index (κ2) is 4.96. The Hall–Kier alpha value is -1.59. The molecule has 0 heterocycles. The number of hydrogen-bond acceptors (Lipinski definition) is 3. The summed E-state index contributed by atoms with van der Waals surface area (Å²) in [6, 6.07) is 11.0. The molecule has 0 saturated heterocycles. The molecule has 0 bridgehead atoms. The minimum absolute atomic E-state index is 0.0221. The molecule has 0 atom stereocenters. The molecule has 0 aliphatic carbocycles. The van der Waals surface area contributed by atoms with E-state index in [4.69, 9.17) is 15.8 Å². The van der Waals surface area contributed by atoms with Gasteiger partial charge in [-0.15, -0.1) is 0 Å². The fraction of sp³-hybridized carbons (Fsp3) is 0. The van der Waals surface area contributed by atoms with Gasteiger partial charge in [-0.1, -0.05) is 35.9 Å². The lowest BCUT2D eigenvalue weighted by Crippen LogP contribution is -2.11. The molecular weight excluding hydrogens is 279 g/mol. The fourth-order valence-electron chi connectivity index (χ4n) is 1.32. The van der Waals surface area contributed by atoms with E-state index in [9.17, 15) is 12.8 Å². The van der Waals surface area contributed by atoms with Crippen LogP contribution in [0.1, 0.15) is 0 Å². The van der Waals surface area contributed by atoms with Crippen molar-refractivity contribution in [2.75, 3.05) is 0 Å². The van der Waals surface area contributed by atoms with E-state index in [1.807, 2.05) is 0 Å². The predicted molar refractivity (Wildman–Crippen MR) is 65.7 cm³/mol. The highest BCUT2D eigenvalue weighted by Gasteiger charge is 2.21. The van der Waals surface area contributed by atoms with Crippen molar-refractivity contribution in [1.29, 1.82) is 0 Å². The van der Waals surface area contributed by atoms with Gasteiger partial charge in [-0.2, -0.15) is 8.42 Å². The molecule has 0 amide bonds. The molecule has 0 aliphatic heterocycles. The molecule has 18 heavy (non-hydrogen) atoms. The van der Waals surface area contributed by atoms with Crippen molar-refractivity contribution in [3.63, 3.8) is 0 Å². The summed E-state index contributed by atoms with van der Waals surface area (Å²) < 4.78 is 41.8. The smallest absolute Gasteiger partial charge is 0.340 e. The Morgan fingerprint density at radius 1 is 1.00 bits per heavy atom. The van der Waals surface area contributed by atoms with Gasteiger partial charge in [0.15, 0.2) is 11.6 Å². The van der Waals surface area contributed by atoms with Gasteiger partial charge in [0.1, 0.15) is 4.90 Å². The van der Waals surface area contributed by atoms with Gasteiger partial charge >= 0.3 is 10.1 Å². The summed E-state index contributed by atoms with van der Waals surface area (Å²) in [6.07, 6.45) is 0. The van der Waals surface area contributed by atoms with Gasteiger partial charge in [0.2, 0.25) is 0 Å². The zero-order valence-electron chi connectivity index (χ0n) is 9.01. The van der Waals surface area contributed by atoms with Gasteiger partial charge in [-0.05, 0) is 24.3 Å². The molecule has 0 saturated carbocycles. The molecule has 0 aliphatic rings. The van der Waals surface area contributed by atoms with E-state index in [2.05, 4.69) is 0 Å². The van der Waals surface area contributed by atoms with Gasteiger partial charge < -0.3 is 4.18 Å². The molecule has 0 N–H and O–H groups in total. The third kappa shape index (κ3) is 2.63. The lowest BCUT2D eigenvalue weighted by Gasteiger charge is -2.08. The van der Waals surface area contributed by atoms with E-state index < -0.39 is 15.9 Å². The van der Waals surface area contributed by atoms with E-state index in [1.165, 1.54) is 36.4 Å². The first kappa shape index (κ1) is 12.9. The lowest BCUT2D eigenvalue weighted by molar-refractivity contribution is 0.461. The van der Waals surface area contributed by atoms with Crippen molar-refractivity contribution in [3.8, 4) is 5.75 Å². The van der Waals surface area contributed by atoms with Gasteiger partial charge in [0, 0.05) is 0 Å². The van der Waals surface area contributed by atoms with Crippen LogP contribution in [0.15, 0.2) is 53.4 Å². The van der Waals surface area contributed by atoms with E-state index in [0.717, 1.165) is 6.07 Å². The van der Waals surface area contributed by atoms with E-state index >= 15 is 0 Å². The Morgan fingerprint density at radius 2 is 1.61 bits per heavy atom. The highest BCUT2D eigenvalue weighted by Crippen LogP contribution is 2.25. The summed E-state index contributed by atoms with van der Waals surface area (Å²) >= 11 is 5.76. The third-order valence-corrected chi connectivity index (χ3v) is 3.88. The maximum absolute atomic E-state index is 13.3. The van der Waals surface area contributed by atoms with Crippen LogP contribution in [-0.2, 0) is 10.1 Å². The van der Waals surface area contributed by atoms with Crippen LogP contribution >= 0.6 is 11.6 Å². The SMILES string of the molecule is O=S(=O)(Oc1ccccc1F)c1ccccc1Cl. The minimum Gasteiger partial charge on any atom is -0.376 e. The topological polar surface area (TPSA) is 43.4 Å². The fourth-order valence-corrected chi connectivity index (χ4v) is 2.76. The summed E-state index contributed by atoms with van der Waals surface area (Å²) in [7, 11) is -4.14. The van der Waals surface area contributed by atoms with E-state index in [-0.39, 0.29) is 15.7 Å². The molecule has 0 aromatic heterocycles. The molecule has 94 valence electrons. The van der Waals surface area contributed by atoms with Gasteiger partial charge in [0.05, 0.1) is 5.02 Å². The quantitative estimate of drug-likeness (QED) is 0.814. The highest BCUT2D eigenvalue weighted by atomic mass is 35.5. The molecule has 0 radical (unpaired) electrons. The number of hydrogen-bond donors (Lipinski definition) is 0. The normalized spacial score (nSPS) is 11.2. The number of halogens is 2. The first-order valence-electron chi connectivity index (χ1n) is 4.94. The van der Waals surface area contributed by atoms with Gasteiger partial charge in [-0.25, -0.2) is 4.39 Å². The molecule has 0 unspecified atom stereocenters. The highest BCUT2D eigenvalue weighted by molar-refractivity contribution is 7.87. The number of rotatable bonds is 3. The molecule has 2 rings (SSSR count). The molecular formula is C12H8ClFO3S. The first-order valence-corrected chi connectivity index (χ1v) is 6.73. The van der Waals surface area contributed by atoms with Crippen LogP contribution in [0.3, 0.4) is 0 Å². The Balaban J connectivity index is 2.40. The van der Waals surface area contributed by atoms with Crippen molar-refractivity contribution in [1.82, 2.24) is 0 Å². The van der Waals surface area contributed by atoms with Gasteiger partial charge in [0.25, 0.3) is 0 Å². The molecule has 6 heteroatoms. The predicted octanol–water partition coefficient (Wildman–Crippen LogP) is 3.25. The van der Waals surface area contributed by atoms with Crippen LogP contribution in [-0.4, -0.2) is 8.42 Å². The van der Waals surface area contributed by atoms with Crippen molar-refractivity contribution < 1.29 is 17.0 Å². The van der Waals surface area contributed by atoms with E-state index in [1.54, 1.807) is 6.07 Å². The average Bonchev–Trinajstić information content (AvgIpc) is 2.32. The van der Waals surface area contributed by atoms with Crippen LogP contribution in [0.25, 0.3) is 0 Å². The minimum atomic E-state index is -4.14. The second-order valence-electron chi connectivity index (χ2n) is 3.40. The Kier molecular flexibility index (Phi) is 3.54. The maximum Gasteiger partial charge on any atom is 0.340 e. The molecule has 2 aromatic rings. The molecule has 2 aromatic carbocycles. The second-order valence-corrected chi connectivity index (χ2v) is 5.32. The monoisotopic (exact) mass is 286 g/mol. The first-order chi connectivity index (χ1) is 8.50. The van der Waals surface area contributed by atoms with Gasteiger partial charge in [-0.3, -0.25) is 0 Å². The Bertz CT molecular complexity index is 671. The van der Waals surface area contributed by atoms with Crippen molar-refractivity contribution in [2.24, 2.45) is 0 Å². The zero-order valence-corrected chi connectivity index (χ0v) is 10.6. The van der Waals surface area contributed by atoms with Crippen LogP contribution in [0.2, 0.25) is 5.02 Å². The number of para-hydroxylation sites is 1. The summed E-state index contributed by atoms with van der Waals surface area (Å²) in [6.45, 7) is 0. The molecule has 3 nitrogen and oxygen atoms in total. The Labute approximate surface area is 109 Å². The summed E-state index contributed by atoms with van der Waals surface area (Å²) in [5.74, 6) is -1.12. The summed E-state index contributed by atoms with van der Waals surface area (Å²) in [5, 5.41) is 0.0221. The maximum atomic E-state index is 13.3. The zero-order chi connectivity index (χ0) is 13.2. The van der Waals surface area contributed by atoms with Crippen molar-refractivity contribution in [2.45, 2.75) is 4.90 Å². The molecule has 0 spiro atoms. The largest absolute Gasteiger partial charge is 0.376 e. The lowest BCUT2D eigenvalue weighted by atomic mass is 10.3. The number of benzene rings is 2. The standard InChI is InChI=1S/C12H8ClFO3S/c13-9-5-1-4-8-12(9)18(15,16)17-11-7-3-2-6-10(11)14/h1-8H. The van der Waals surface area contributed by atoms with Crippen LogP contribution in [0.5, 0.6) is 5.75 Å². The summed E-state index contributed by atoms with van der Waals surface area (Å²) in [5.41, 5.74) is 0.